The van der Waals surface area contributed by atoms with Crippen LogP contribution in [0.25, 0.3) is 0 Å². The van der Waals surface area contributed by atoms with Crippen molar-refractivity contribution in [1.29, 1.82) is 0 Å². The van der Waals surface area contributed by atoms with Gasteiger partial charge in [-0.3, -0.25) is 5.32 Å². The molecule has 0 aliphatic carbocycles. The van der Waals surface area contributed by atoms with Crippen LogP contribution in [-0.2, 0) is 17.9 Å². The number of primary amides is 1. The highest BCUT2D eigenvalue weighted by atomic mass is 35.5. The lowest BCUT2D eigenvalue weighted by atomic mass is 10.1. The topological polar surface area (TPSA) is 119 Å². The number of carboxylic acid groups (broad SMARTS) is 1. The van der Waals surface area contributed by atoms with E-state index in [4.69, 9.17) is 27.2 Å². The van der Waals surface area contributed by atoms with Crippen LogP contribution in [0.3, 0.4) is 0 Å². The Morgan fingerprint density at radius 3 is 2.52 bits per heavy atom. The summed E-state index contributed by atoms with van der Waals surface area (Å²) < 4.78 is 17.9. The number of carboxylic acids is 1. The number of hydrogen-bond donors (Lipinski definition) is 3. The molecule has 0 radical (unpaired) electrons. The number of nitrogens with zero attached hydrogens (tertiary/aromatic N) is 1. The molecule has 1 saturated heterocycles. The first-order chi connectivity index (χ1) is 13.7. The Balaban J connectivity index is 1.70. The first kappa shape index (κ1) is 20.6. The lowest BCUT2D eigenvalue weighted by molar-refractivity contribution is -0.771. The molecular weight excluding hydrogens is 405 g/mol. The zero-order valence-corrected chi connectivity index (χ0v) is 15.9. The van der Waals surface area contributed by atoms with Gasteiger partial charge in [-0.1, -0.05) is 17.7 Å². The molecule has 1 unspecified atom stereocenters. The molecule has 0 saturated carbocycles. The van der Waals surface area contributed by atoms with Crippen LogP contribution in [0.15, 0.2) is 42.5 Å². The highest BCUT2D eigenvalue weighted by molar-refractivity contribution is 6.31. The van der Waals surface area contributed by atoms with Crippen molar-refractivity contribution in [2.24, 2.45) is 5.73 Å². The molecule has 2 atom stereocenters. The number of nitrogens with two attached hydrogens (primary N) is 1. The second kappa shape index (κ2) is 8.06. The molecule has 4 N–H and O–H groups in total. The van der Waals surface area contributed by atoms with Crippen molar-refractivity contribution in [2.45, 2.75) is 19.2 Å². The fraction of sp³-hybridized carbons (Fsp3) is 0.211. The summed E-state index contributed by atoms with van der Waals surface area (Å²) >= 11 is 5.96. The number of quaternary nitrogens is 1. The number of aliphatic carboxylic acids is 1. The number of ether oxygens (including phenoxy) is 1. The minimum absolute atomic E-state index is 0.0883. The third kappa shape index (κ3) is 4.30. The summed E-state index contributed by atoms with van der Waals surface area (Å²) in [6.45, 7) is -0.234. The summed E-state index contributed by atoms with van der Waals surface area (Å²) in [6.07, 6.45) is 0. The van der Waals surface area contributed by atoms with Gasteiger partial charge in [0.05, 0.1) is 5.02 Å². The smallest absolute Gasteiger partial charge is 0.426 e. The lowest BCUT2D eigenvalue weighted by Crippen LogP contribution is -2.57. The van der Waals surface area contributed by atoms with Crippen molar-refractivity contribution < 1.29 is 33.1 Å². The Kier molecular flexibility index (Phi) is 5.71. The fourth-order valence-electron chi connectivity index (χ4n) is 3.06. The standard InChI is InChI=1S/C19H17ClFN3O5/c20-15-7-13(21)4-3-12(15)10-29-14-5-1-11(2-6-14)8-24(18(22)27)9-16(17(25)26)23-19(24)28/h1-7,16H,8-10H2,(H3-,22,23,25,26,27,28)/p+1/t16-,24?/m1/s1. The summed E-state index contributed by atoms with van der Waals surface area (Å²) in [7, 11) is 0. The van der Waals surface area contributed by atoms with Crippen molar-refractivity contribution in [1.82, 2.24) is 5.32 Å². The molecule has 0 bridgehead atoms. The van der Waals surface area contributed by atoms with Crippen LogP contribution in [0, 0.1) is 5.82 Å². The fourth-order valence-corrected chi connectivity index (χ4v) is 3.28. The van der Waals surface area contributed by atoms with E-state index in [9.17, 15) is 18.8 Å². The molecule has 152 valence electrons. The summed E-state index contributed by atoms with van der Waals surface area (Å²) in [5.41, 5.74) is 6.63. The van der Waals surface area contributed by atoms with E-state index < -0.39 is 34.4 Å². The van der Waals surface area contributed by atoms with Gasteiger partial charge in [0.25, 0.3) is 0 Å². The number of halogens is 2. The minimum atomic E-state index is -1.23. The second-order valence-corrected chi connectivity index (χ2v) is 7.06. The molecule has 1 aliphatic rings. The SMILES string of the molecule is NC(=O)[N+]1(Cc2ccc(OCc3ccc(F)cc3Cl)cc2)C[C@H](C(=O)O)NC1=O. The number of nitrogens with one attached hydrogen (secondary N) is 1. The van der Waals surface area contributed by atoms with Crippen molar-refractivity contribution in [2.75, 3.05) is 6.54 Å². The lowest BCUT2D eigenvalue weighted by Gasteiger charge is -2.24. The van der Waals surface area contributed by atoms with Crippen molar-refractivity contribution in [3.63, 3.8) is 0 Å². The number of carbonyl (C=O) groups is 3. The third-order valence-corrected chi connectivity index (χ3v) is 5.04. The second-order valence-electron chi connectivity index (χ2n) is 6.66. The van der Waals surface area contributed by atoms with Crippen LogP contribution in [0.4, 0.5) is 14.0 Å². The van der Waals surface area contributed by atoms with E-state index in [1.807, 2.05) is 0 Å². The summed E-state index contributed by atoms with van der Waals surface area (Å²) in [5.74, 6) is -1.18. The van der Waals surface area contributed by atoms with Gasteiger partial charge in [0.15, 0.2) is 6.04 Å². The van der Waals surface area contributed by atoms with Crippen LogP contribution in [0.1, 0.15) is 11.1 Å². The van der Waals surface area contributed by atoms with Crippen LogP contribution in [0.2, 0.25) is 5.02 Å². The van der Waals surface area contributed by atoms with Crippen molar-refractivity contribution >= 4 is 29.6 Å². The normalized spacial score (nSPS) is 20.9. The van der Waals surface area contributed by atoms with Gasteiger partial charge in [0.2, 0.25) is 0 Å². The maximum Gasteiger partial charge on any atom is 0.426 e. The highest BCUT2D eigenvalue weighted by Gasteiger charge is 2.54. The van der Waals surface area contributed by atoms with Gasteiger partial charge >= 0.3 is 18.0 Å². The number of imide groups is 1. The Morgan fingerprint density at radius 1 is 1.28 bits per heavy atom. The average molecular weight is 423 g/mol. The van der Waals surface area contributed by atoms with Gasteiger partial charge in [0.1, 0.15) is 31.3 Å². The van der Waals surface area contributed by atoms with Crippen LogP contribution < -0.4 is 15.8 Å². The molecule has 2 aromatic carbocycles. The molecular formula is C19H18ClFN3O5+. The predicted octanol–water partition coefficient (Wildman–Crippen LogP) is 2.63. The van der Waals surface area contributed by atoms with E-state index in [0.29, 0.717) is 16.9 Å². The number of carbonyl (C=O) groups excluding carboxylic acids is 2. The average Bonchev–Trinajstić information content (AvgIpc) is 3.00. The van der Waals surface area contributed by atoms with Gasteiger partial charge < -0.3 is 15.6 Å². The van der Waals surface area contributed by atoms with Crippen LogP contribution in [0.5, 0.6) is 5.75 Å². The summed E-state index contributed by atoms with van der Waals surface area (Å²) in [5, 5.41) is 11.6. The third-order valence-electron chi connectivity index (χ3n) is 4.69. The maximum atomic E-state index is 13.1. The largest absolute Gasteiger partial charge is 0.489 e. The highest BCUT2D eigenvalue weighted by Crippen LogP contribution is 2.24. The molecule has 1 fully saturated rings. The predicted molar refractivity (Wildman–Crippen MR) is 101 cm³/mol. The van der Waals surface area contributed by atoms with E-state index in [2.05, 4.69) is 5.32 Å². The van der Waals surface area contributed by atoms with Gasteiger partial charge in [-0.15, -0.1) is 0 Å². The zero-order chi connectivity index (χ0) is 21.2. The van der Waals surface area contributed by atoms with E-state index in [-0.39, 0.29) is 24.7 Å². The molecule has 4 amide bonds. The number of amides is 4. The summed E-state index contributed by atoms with van der Waals surface area (Å²) in [4.78, 5) is 35.4. The molecule has 8 nitrogen and oxygen atoms in total. The van der Waals surface area contributed by atoms with Gasteiger partial charge in [0, 0.05) is 11.1 Å². The minimum Gasteiger partial charge on any atom is -0.489 e. The van der Waals surface area contributed by atoms with Crippen molar-refractivity contribution in [3.05, 3.63) is 64.4 Å². The molecule has 2 aromatic rings. The summed E-state index contributed by atoms with van der Waals surface area (Å²) in [6, 6.07) is 7.69. The molecule has 1 aliphatic heterocycles. The number of hydrogen-bond acceptors (Lipinski definition) is 4. The Labute approximate surface area is 170 Å². The van der Waals surface area contributed by atoms with E-state index in [1.54, 1.807) is 24.3 Å². The monoisotopic (exact) mass is 422 g/mol. The van der Waals surface area contributed by atoms with E-state index in [1.165, 1.54) is 18.2 Å². The Hall–Kier alpha value is -3.17. The van der Waals surface area contributed by atoms with E-state index >= 15 is 0 Å². The Bertz CT molecular complexity index is 969. The van der Waals surface area contributed by atoms with Crippen LogP contribution >= 0.6 is 11.6 Å². The maximum absolute atomic E-state index is 13.1. The first-order valence-electron chi connectivity index (χ1n) is 8.58. The van der Waals surface area contributed by atoms with Gasteiger partial charge in [-0.2, -0.15) is 4.48 Å². The van der Waals surface area contributed by atoms with Gasteiger partial charge in [-0.05, 0) is 36.4 Å². The molecule has 3 rings (SSSR count). The molecule has 10 heteroatoms. The molecule has 1 heterocycles. The molecule has 0 aromatic heterocycles. The van der Waals surface area contributed by atoms with Gasteiger partial charge in [-0.25, -0.2) is 18.8 Å². The molecule has 0 spiro atoms. The Morgan fingerprint density at radius 2 is 1.97 bits per heavy atom. The molecule has 29 heavy (non-hydrogen) atoms. The number of rotatable bonds is 6. The zero-order valence-electron chi connectivity index (χ0n) is 15.1. The van der Waals surface area contributed by atoms with Crippen molar-refractivity contribution in [3.8, 4) is 5.75 Å². The van der Waals surface area contributed by atoms with Crippen LogP contribution in [-0.4, -0.2) is 40.2 Å². The quantitative estimate of drug-likeness (QED) is 0.618. The number of benzene rings is 2. The van der Waals surface area contributed by atoms with E-state index in [0.717, 1.165) is 0 Å². The number of urea groups is 2. The first-order valence-corrected chi connectivity index (χ1v) is 8.96.